The van der Waals surface area contributed by atoms with Crippen LogP contribution in [0, 0.1) is 11.7 Å². The van der Waals surface area contributed by atoms with Crippen LogP contribution in [0.5, 0.6) is 11.5 Å². The van der Waals surface area contributed by atoms with E-state index in [1.807, 2.05) is 24.3 Å². The van der Waals surface area contributed by atoms with Crippen LogP contribution < -0.4 is 20.1 Å². The highest BCUT2D eigenvalue weighted by atomic mass is 19.1. The van der Waals surface area contributed by atoms with Gasteiger partial charge in [-0.15, -0.1) is 0 Å². The van der Waals surface area contributed by atoms with E-state index in [0.29, 0.717) is 5.92 Å². The quantitative estimate of drug-likeness (QED) is 0.905. The summed E-state index contributed by atoms with van der Waals surface area (Å²) in [6, 6.07) is 12.7. The van der Waals surface area contributed by atoms with Crippen molar-refractivity contribution in [2.24, 2.45) is 11.7 Å². The average Bonchev–Trinajstić information content (AvgIpc) is 2.60. The second-order valence-corrected chi connectivity index (χ2v) is 6.64. The van der Waals surface area contributed by atoms with Crippen LogP contribution in [-0.4, -0.2) is 33.4 Å². The van der Waals surface area contributed by atoms with E-state index in [1.165, 1.54) is 6.07 Å². The highest BCUT2D eigenvalue weighted by Crippen LogP contribution is 2.35. The van der Waals surface area contributed by atoms with Gasteiger partial charge < -0.3 is 20.1 Å². The summed E-state index contributed by atoms with van der Waals surface area (Å²) in [5, 5.41) is 0. The highest BCUT2D eigenvalue weighted by molar-refractivity contribution is 5.62. The Morgan fingerprint density at radius 1 is 1.12 bits per heavy atom. The third-order valence-electron chi connectivity index (χ3n) is 4.71. The number of hydrogen-bond acceptors (Lipinski definition) is 4. The van der Waals surface area contributed by atoms with E-state index in [0.717, 1.165) is 48.7 Å². The molecule has 0 saturated carbocycles. The molecule has 2 aromatic carbocycles. The molecular formula is C20H25FN2O2. The zero-order valence-corrected chi connectivity index (χ0v) is 14.7. The van der Waals surface area contributed by atoms with Crippen LogP contribution in [0.25, 0.3) is 0 Å². The number of nitrogens with zero attached hydrogens (tertiary/aromatic N) is 1. The first-order valence-corrected chi connectivity index (χ1v) is 8.56. The molecule has 5 heteroatoms. The fourth-order valence-electron chi connectivity index (χ4n) is 3.63. The summed E-state index contributed by atoms with van der Waals surface area (Å²) in [7, 11) is 3.32. The van der Waals surface area contributed by atoms with Gasteiger partial charge in [-0.25, -0.2) is 4.39 Å². The molecule has 0 aliphatic carbocycles. The molecule has 1 saturated heterocycles. The van der Waals surface area contributed by atoms with Gasteiger partial charge in [0, 0.05) is 25.2 Å². The summed E-state index contributed by atoms with van der Waals surface area (Å²) in [6.07, 6.45) is 1.74. The molecule has 2 atom stereocenters. The van der Waals surface area contributed by atoms with Gasteiger partial charge in [-0.1, -0.05) is 12.1 Å². The lowest BCUT2D eigenvalue weighted by Gasteiger charge is -2.38. The van der Waals surface area contributed by atoms with Crippen molar-refractivity contribution in [3.8, 4) is 11.5 Å². The van der Waals surface area contributed by atoms with Crippen LogP contribution in [0.4, 0.5) is 10.1 Å². The lowest BCUT2D eigenvalue weighted by molar-refractivity contribution is 0.365. The van der Waals surface area contributed by atoms with Crippen molar-refractivity contribution in [2.45, 2.75) is 18.9 Å². The molecule has 1 aliphatic heterocycles. The van der Waals surface area contributed by atoms with Crippen molar-refractivity contribution in [1.29, 1.82) is 0 Å². The third-order valence-corrected chi connectivity index (χ3v) is 4.71. The minimum atomic E-state index is -0.191. The predicted octanol–water partition coefficient (Wildman–Crippen LogP) is 3.24. The zero-order chi connectivity index (χ0) is 17.8. The molecule has 0 aromatic heterocycles. The predicted molar refractivity (Wildman–Crippen MR) is 97.9 cm³/mol. The first-order valence-electron chi connectivity index (χ1n) is 8.56. The van der Waals surface area contributed by atoms with E-state index in [4.69, 9.17) is 15.2 Å². The van der Waals surface area contributed by atoms with Crippen LogP contribution in [0.15, 0.2) is 42.5 Å². The first kappa shape index (κ1) is 17.5. The second kappa shape index (κ2) is 7.74. The molecule has 0 bridgehead atoms. The third kappa shape index (κ3) is 4.23. The monoisotopic (exact) mass is 344 g/mol. The molecule has 25 heavy (non-hydrogen) atoms. The Morgan fingerprint density at radius 2 is 1.96 bits per heavy atom. The highest BCUT2D eigenvalue weighted by Gasteiger charge is 2.27. The van der Waals surface area contributed by atoms with Crippen LogP contribution >= 0.6 is 0 Å². The van der Waals surface area contributed by atoms with Crippen molar-refractivity contribution in [2.75, 3.05) is 32.2 Å². The number of anilines is 1. The van der Waals surface area contributed by atoms with Crippen molar-refractivity contribution in [3.05, 3.63) is 53.8 Å². The second-order valence-electron chi connectivity index (χ2n) is 6.64. The lowest BCUT2D eigenvalue weighted by atomic mass is 9.88. The largest absolute Gasteiger partial charge is 0.497 e. The van der Waals surface area contributed by atoms with E-state index < -0.39 is 0 Å². The van der Waals surface area contributed by atoms with Crippen molar-refractivity contribution in [1.82, 2.24) is 0 Å². The molecular weight excluding hydrogens is 319 g/mol. The van der Waals surface area contributed by atoms with Gasteiger partial charge in [0.25, 0.3) is 0 Å². The van der Waals surface area contributed by atoms with Gasteiger partial charge in [0.1, 0.15) is 17.3 Å². The molecule has 0 amide bonds. The maximum absolute atomic E-state index is 13.5. The number of nitrogens with two attached hydrogens (primary N) is 1. The lowest BCUT2D eigenvalue weighted by Crippen LogP contribution is -2.47. The Balaban J connectivity index is 1.81. The summed E-state index contributed by atoms with van der Waals surface area (Å²) in [4.78, 5) is 2.25. The van der Waals surface area contributed by atoms with Gasteiger partial charge in [0.05, 0.1) is 19.9 Å². The molecule has 1 heterocycles. The minimum Gasteiger partial charge on any atom is -0.497 e. The standard InChI is InChI=1S/C20H25FN2O2/c1-24-18-6-7-20(25-2)19(11-18)23-12-15(10-17(22)13-23)8-14-4-3-5-16(21)9-14/h3-7,9,11,15,17H,8,10,12-13,22H2,1-2H3. The Bertz CT molecular complexity index is 723. The maximum atomic E-state index is 13.5. The summed E-state index contributed by atoms with van der Waals surface area (Å²) >= 11 is 0. The Kier molecular flexibility index (Phi) is 5.43. The number of benzene rings is 2. The molecule has 1 fully saturated rings. The number of ether oxygens (including phenoxy) is 2. The normalized spacial score (nSPS) is 20.4. The Hall–Kier alpha value is -2.27. The Morgan fingerprint density at radius 3 is 2.68 bits per heavy atom. The van der Waals surface area contributed by atoms with E-state index in [2.05, 4.69) is 4.90 Å². The van der Waals surface area contributed by atoms with Gasteiger partial charge in [-0.05, 0) is 48.6 Å². The topological polar surface area (TPSA) is 47.7 Å². The first-order chi connectivity index (χ1) is 12.1. The number of rotatable bonds is 5. The molecule has 134 valence electrons. The number of methoxy groups -OCH3 is 2. The zero-order valence-electron chi connectivity index (χ0n) is 14.7. The van der Waals surface area contributed by atoms with E-state index >= 15 is 0 Å². The smallest absolute Gasteiger partial charge is 0.142 e. The number of halogens is 1. The number of hydrogen-bond donors (Lipinski definition) is 1. The van der Waals surface area contributed by atoms with Gasteiger partial charge >= 0.3 is 0 Å². The van der Waals surface area contributed by atoms with Gasteiger partial charge in [-0.3, -0.25) is 0 Å². The minimum absolute atomic E-state index is 0.0724. The summed E-state index contributed by atoms with van der Waals surface area (Å²) in [5.41, 5.74) is 8.31. The summed E-state index contributed by atoms with van der Waals surface area (Å²) in [6.45, 7) is 1.62. The van der Waals surface area contributed by atoms with Gasteiger partial charge in [0.15, 0.2) is 0 Å². The fourth-order valence-corrected chi connectivity index (χ4v) is 3.63. The molecule has 4 nitrogen and oxygen atoms in total. The fraction of sp³-hybridized carbons (Fsp3) is 0.400. The van der Waals surface area contributed by atoms with E-state index in [1.54, 1.807) is 26.4 Å². The van der Waals surface area contributed by atoms with Crippen LogP contribution in [0.2, 0.25) is 0 Å². The van der Waals surface area contributed by atoms with Gasteiger partial charge in [-0.2, -0.15) is 0 Å². The molecule has 3 rings (SSSR count). The molecule has 2 unspecified atom stereocenters. The SMILES string of the molecule is COc1ccc(OC)c(N2CC(N)CC(Cc3cccc(F)c3)C2)c1. The average molecular weight is 344 g/mol. The number of piperidine rings is 1. The summed E-state index contributed by atoms with van der Waals surface area (Å²) < 4.78 is 24.3. The van der Waals surface area contributed by atoms with Crippen molar-refractivity contribution < 1.29 is 13.9 Å². The van der Waals surface area contributed by atoms with Crippen LogP contribution in [-0.2, 0) is 6.42 Å². The Labute approximate surface area is 148 Å². The van der Waals surface area contributed by atoms with E-state index in [-0.39, 0.29) is 11.9 Å². The maximum Gasteiger partial charge on any atom is 0.142 e. The van der Waals surface area contributed by atoms with Crippen molar-refractivity contribution in [3.63, 3.8) is 0 Å². The van der Waals surface area contributed by atoms with Crippen molar-refractivity contribution >= 4 is 5.69 Å². The molecule has 2 N–H and O–H groups in total. The summed E-state index contributed by atoms with van der Waals surface area (Å²) in [5.74, 6) is 1.77. The molecule has 0 radical (unpaired) electrons. The van der Waals surface area contributed by atoms with Gasteiger partial charge in [0.2, 0.25) is 0 Å². The molecule has 0 spiro atoms. The van der Waals surface area contributed by atoms with Crippen LogP contribution in [0.1, 0.15) is 12.0 Å². The molecule has 2 aromatic rings. The van der Waals surface area contributed by atoms with E-state index in [9.17, 15) is 4.39 Å². The van der Waals surface area contributed by atoms with Crippen LogP contribution in [0.3, 0.4) is 0 Å². The molecule has 1 aliphatic rings.